The third-order valence-corrected chi connectivity index (χ3v) is 3.31. The summed E-state index contributed by atoms with van der Waals surface area (Å²) < 4.78 is 5.54. The molecule has 104 valence electrons. The Kier molecular flexibility index (Phi) is 5.59. The average molecular weight is 392 g/mol. The molecule has 0 saturated heterocycles. The van der Waals surface area contributed by atoms with Gasteiger partial charge in [-0.1, -0.05) is 0 Å². The minimum Gasteiger partial charge on any atom is -0.504 e. The van der Waals surface area contributed by atoms with Crippen molar-refractivity contribution in [2.45, 2.75) is 0 Å². The topological polar surface area (TPSA) is 127 Å². The summed E-state index contributed by atoms with van der Waals surface area (Å²) in [5.74, 6) is 0.237. The summed E-state index contributed by atoms with van der Waals surface area (Å²) >= 11 is 1.91. The molecule has 21 heavy (non-hydrogen) atoms. The molecule has 0 heterocycles. The number of aromatic hydroxyl groups is 1. The molecule has 0 bridgehead atoms. The van der Waals surface area contributed by atoms with Gasteiger partial charge in [0, 0.05) is 0 Å². The number of hydrogen-bond donors (Lipinski definition) is 2. The van der Waals surface area contributed by atoms with Gasteiger partial charge in [-0.3, -0.25) is 0 Å². The van der Waals surface area contributed by atoms with Crippen LogP contribution in [0.15, 0.2) is 29.0 Å². The van der Waals surface area contributed by atoms with Crippen molar-refractivity contribution in [3.63, 3.8) is 0 Å². The molecule has 7 heteroatoms. The Labute approximate surface area is 135 Å². The van der Waals surface area contributed by atoms with Gasteiger partial charge in [0.05, 0.1) is 22.0 Å². The number of rotatable bonds is 3. The minimum absolute atomic E-state index is 0.00740. The number of nitrogens with zero attached hydrogens (tertiary/aromatic N) is 3. The second kappa shape index (κ2) is 7.18. The van der Waals surface area contributed by atoms with Crippen LogP contribution in [-0.4, -0.2) is 12.2 Å². The lowest BCUT2D eigenvalue weighted by Gasteiger charge is -2.07. The highest BCUT2D eigenvalue weighted by Gasteiger charge is 2.11. The molecule has 1 rings (SSSR count). The molecule has 0 amide bonds. The number of nitriles is 3. The number of phenolic OH excluding ortho intramolecular Hbond substituents is 1. The van der Waals surface area contributed by atoms with E-state index in [4.69, 9.17) is 26.3 Å². The van der Waals surface area contributed by atoms with Crippen molar-refractivity contribution in [1.29, 1.82) is 15.8 Å². The lowest BCUT2D eigenvalue weighted by molar-refractivity contribution is 0.371. The van der Waals surface area contributed by atoms with Gasteiger partial charge < -0.3 is 15.6 Å². The maximum Gasteiger partial charge on any atom is 0.171 e. The summed E-state index contributed by atoms with van der Waals surface area (Å²) in [6, 6.07) is 8.23. The third-order valence-electron chi connectivity index (χ3n) is 2.49. The molecule has 1 aromatic rings. The monoisotopic (exact) mass is 392 g/mol. The van der Waals surface area contributed by atoms with Gasteiger partial charge in [0.1, 0.15) is 18.2 Å². The van der Waals surface area contributed by atoms with Crippen LogP contribution in [0.1, 0.15) is 5.56 Å². The number of nitrogens with two attached hydrogens (primary N) is 1. The van der Waals surface area contributed by atoms with Crippen LogP contribution in [0.5, 0.6) is 11.5 Å². The first-order valence-corrected chi connectivity index (χ1v) is 6.55. The number of methoxy groups -OCH3 is 1. The predicted octanol–water partition coefficient (Wildman–Crippen LogP) is 2.17. The van der Waals surface area contributed by atoms with Crippen LogP contribution in [0.4, 0.5) is 0 Å². The molecule has 3 N–H and O–H groups in total. The number of halogens is 1. The van der Waals surface area contributed by atoms with Crippen molar-refractivity contribution in [3.8, 4) is 29.7 Å². The molecule has 0 aliphatic heterocycles. The summed E-state index contributed by atoms with van der Waals surface area (Å²) in [4.78, 5) is 0. The van der Waals surface area contributed by atoms with Crippen LogP contribution in [0.25, 0.3) is 6.08 Å². The lowest BCUT2D eigenvalue weighted by Crippen LogP contribution is -2.03. The van der Waals surface area contributed by atoms with E-state index in [-0.39, 0.29) is 28.3 Å². The minimum atomic E-state index is -0.330. The van der Waals surface area contributed by atoms with E-state index in [0.29, 0.717) is 9.13 Å². The molecular weight excluding hydrogens is 383 g/mol. The first-order valence-electron chi connectivity index (χ1n) is 5.47. The van der Waals surface area contributed by atoms with Crippen molar-refractivity contribution < 1.29 is 9.84 Å². The quantitative estimate of drug-likeness (QED) is 0.461. The van der Waals surface area contributed by atoms with E-state index in [1.54, 1.807) is 18.2 Å². The Morgan fingerprint density at radius 3 is 2.38 bits per heavy atom. The Balaban J connectivity index is 3.46. The van der Waals surface area contributed by atoms with E-state index in [2.05, 4.69) is 0 Å². The summed E-state index contributed by atoms with van der Waals surface area (Å²) in [6.45, 7) is 0. The van der Waals surface area contributed by atoms with Crippen molar-refractivity contribution in [3.05, 3.63) is 38.1 Å². The molecule has 0 spiro atoms. The van der Waals surface area contributed by atoms with Crippen LogP contribution < -0.4 is 10.5 Å². The zero-order chi connectivity index (χ0) is 16.0. The highest BCUT2D eigenvalue weighted by Crippen LogP contribution is 2.33. The summed E-state index contributed by atoms with van der Waals surface area (Å²) in [7, 11) is 1.40. The summed E-state index contributed by atoms with van der Waals surface area (Å²) in [6.07, 6.45) is 1.41. The molecule has 1 aromatic carbocycles. The van der Waals surface area contributed by atoms with E-state index >= 15 is 0 Å². The molecule has 0 aliphatic rings. The smallest absolute Gasteiger partial charge is 0.171 e. The highest BCUT2D eigenvalue weighted by atomic mass is 127. The molecule has 0 aliphatic carbocycles. The van der Waals surface area contributed by atoms with Crippen molar-refractivity contribution in [1.82, 2.24) is 0 Å². The largest absolute Gasteiger partial charge is 0.504 e. The number of allylic oxidation sites excluding steroid dienone is 2. The van der Waals surface area contributed by atoms with Gasteiger partial charge in [-0.15, -0.1) is 0 Å². The number of ether oxygens (including phenoxy) is 1. The summed E-state index contributed by atoms with van der Waals surface area (Å²) in [5, 5.41) is 36.4. The van der Waals surface area contributed by atoms with Gasteiger partial charge in [0.15, 0.2) is 17.1 Å². The zero-order valence-electron chi connectivity index (χ0n) is 10.9. The van der Waals surface area contributed by atoms with E-state index in [9.17, 15) is 5.11 Å². The average Bonchev–Trinajstić information content (AvgIpc) is 2.49. The number of hydrogen-bond acceptors (Lipinski definition) is 6. The number of benzene rings is 1. The van der Waals surface area contributed by atoms with Gasteiger partial charge in [-0.2, -0.15) is 15.8 Å². The Morgan fingerprint density at radius 1 is 1.29 bits per heavy atom. The molecule has 0 fully saturated rings. The highest BCUT2D eigenvalue weighted by molar-refractivity contribution is 14.1. The zero-order valence-corrected chi connectivity index (χ0v) is 13.0. The fraction of sp³-hybridized carbons (Fsp3) is 0.0714. The standard InChI is InChI=1S/C14H9IN4O2/c1-21-12-4-8(3-11(15)14(12)20)2-9(5-16)13(19)10(6-17)7-18/h2-4,20H,19H2,1H3. The molecule has 0 saturated carbocycles. The van der Waals surface area contributed by atoms with Crippen LogP contribution >= 0.6 is 22.6 Å². The van der Waals surface area contributed by atoms with Crippen molar-refractivity contribution in [2.24, 2.45) is 5.73 Å². The maximum absolute atomic E-state index is 9.75. The molecule has 6 nitrogen and oxygen atoms in total. The second-order valence-corrected chi connectivity index (χ2v) is 4.90. The second-order valence-electron chi connectivity index (χ2n) is 3.74. The van der Waals surface area contributed by atoms with Crippen LogP contribution in [-0.2, 0) is 0 Å². The normalized spacial score (nSPS) is 9.95. The van der Waals surface area contributed by atoms with E-state index in [1.165, 1.54) is 19.3 Å². The van der Waals surface area contributed by atoms with Crippen LogP contribution in [0.3, 0.4) is 0 Å². The Hall–Kier alpha value is -2.70. The molecule has 0 aromatic heterocycles. The van der Waals surface area contributed by atoms with Crippen LogP contribution in [0, 0.1) is 37.6 Å². The lowest BCUT2D eigenvalue weighted by atomic mass is 10.1. The summed E-state index contributed by atoms with van der Waals surface area (Å²) in [5.41, 5.74) is 5.65. The van der Waals surface area contributed by atoms with Crippen LogP contribution in [0.2, 0.25) is 0 Å². The van der Waals surface area contributed by atoms with E-state index in [1.807, 2.05) is 28.7 Å². The van der Waals surface area contributed by atoms with Gasteiger partial charge in [-0.25, -0.2) is 0 Å². The fourth-order valence-corrected chi connectivity index (χ4v) is 2.08. The number of phenols is 1. The molecule has 0 unspecified atom stereocenters. The fourth-order valence-electron chi connectivity index (χ4n) is 1.45. The maximum atomic E-state index is 9.75. The molecular formula is C14H9IN4O2. The van der Waals surface area contributed by atoms with E-state index in [0.717, 1.165) is 0 Å². The Morgan fingerprint density at radius 2 is 1.90 bits per heavy atom. The van der Waals surface area contributed by atoms with E-state index < -0.39 is 0 Å². The van der Waals surface area contributed by atoms with Crippen molar-refractivity contribution in [2.75, 3.05) is 7.11 Å². The third kappa shape index (κ3) is 3.65. The first-order chi connectivity index (χ1) is 9.98. The Bertz CT molecular complexity index is 745. The SMILES string of the molecule is COc1cc(C=C(C#N)C(N)=C(C#N)C#N)cc(I)c1O. The molecule has 0 radical (unpaired) electrons. The predicted molar refractivity (Wildman–Crippen MR) is 83.4 cm³/mol. The van der Waals surface area contributed by atoms with Gasteiger partial charge in [0.2, 0.25) is 0 Å². The van der Waals surface area contributed by atoms with Gasteiger partial charge in [-0.05, 0) is 46.4 Å². The first kappa shape index (κ1) is 16.4. The van der Waals surface area contributed by atoms with Gasteiger partial charge >= 0.3 is 0 Å². The van der Waals surface area contributed by atoms with Gasteiger partial charge in [0.25, 0.3) is 0 Å². The molecule has 0 atom stereocenters. The van der Waals surface area contributed by atoms with Crippen molar-refractivity contribution >= 4 is 28.7 Å².